The van der Waals surface area contributed by atoms with Crippen molar-refractivity contribution in [2.75, 3.05) is 19.0 Å². The molecule has 2 heteroatoms. The van der Waals surface area contributed by atoms with Gasteiger partial charge in [-0.2, -0.15) is 0 Å². The Morgan fingerprint density at radius 1 is 1.17 bits per heavy atom. The number of hydrogen-bond donors (Lipinski definition) is 0. The van der Waals surface area contributed by atoms with Crippen molar-refractivity contribution in [1.29, 1.82) is 0 Å². The van der Waals surface area contributed by atoms with Gasteiger partial charge in [0.2, 0.25) is 0 Å². The molecule has 1 saturated heterocycles. The molecular weight excluding hydrogens is 242 g/mol. The van der Waals surface area contributed by atoms with Gasteiger partial charge in [-0.05, 0) is 43.8 Å². The topological polar surface area (TPSA) is 3.24 Å². The maximum absolute atomic E-state index is 5.67. The summed E-state index contributed by atoms with van der Waals surface area (Å²) in [4.78, 5) is 2.56. The zero-order chi connectivity index (χ0) is 12.6. The monoisotopic (exact) mass is 263 g/mol. The van der Waals surface area contributed by atoms with Gasteiger partial charge in [-0.15, -0.1) is 11.6 Å². The number of benzene rings is 1. The van der Waals surface area contributed by atoms with Crippen LogP contribution in [0.1, 0.15) is 24.8 Å². The molecule has 0 saturated carbocycles. The minimum Gasteiger partial charge on any atom is -0.299 e. The number of allylic oxidation sites excluding steroid dienone is 2. The average molecular weight is 264 g/mol. The Morgan fingerprint density at radius 3 is 2.56 bits per heavy atom. The van der Waals surface area contributed by atoms with Crippen LogP contribution >= 0.6 is 11.6 Å². The maximum Gasteiger partial charge on any atom is 0.0258 e. The fourth-order valence-corrected chi connectivity index (χ4v) is 2.62. The minimum absolute atomic E-state index is 0.739. The van der Waals surface area contributed by atoms with E-state index in [1.54, 1.807) is 0 Å². The molecule has 0 aromatic heterocycles. The summed E-state index contributed by atoms with van der Waals surface area (Å²) in [5, 5.41) is 0. The highest BCUT2D eigenvalue weighted by Crippen LogP contribution is 2.20. The van der Waals surface area contributed by atoms with Gasteiger partial charge < -0.3 is 0 Å². The molecule has 1 nitrogen and oxygen atoms in total. The molecule has 0 amide bonds. The van der Waals surface area contributed by atoms with Gasteiger partial charge in [-0.1, -0.05) is 42.5 Å². The summed E-state index contributed by atoms with van der Waals surface area (Å²) >= 11 is 5.67. The summed E-state index contributed by atoms with van der Waals surface area (Å²) < 4.78 is 0. The second-order valence-electron chi connectivity index (χ2n) is 5.00. The first-order valence-electron chi connectivity index (χ1n) is 6.87. The third-order valence-electron chi connectivity index (χ3n) is 3.57. The molecule has 0 atom stereocenters. The number of rotatable bonds is 5. The molecule has 18 heavy (non-hydrogen) atoms. The molecule has 0 unspecified atom stereocenters. The van der Waals surface area contributed by atoms with Gasteiger partial charge in [-0.3, -0.25) is 4.90 Å². The lowest BCUT2D eigenvalue weighted by Crippen LogP contribution is -2.32. The van der Waals surface area contributed by atoms with Crippen LogP contribution in [0.15, 0.2) is 42.5 Å². The molecule has 0 aliphatic carbocycles. The van der Waals surface area contributed by atoms with Crippen LogP contribution in [0.5, 0.6) is 0 Å². The van der Waals surface area contributed by atoms with Crippen molar-refractivity contribution < 1.29 is 0 Å². The number of nitrogens with zero attached hydrogens (tertiary/aromatic N) is 1. The Labute approximate surface area is 115 Å². The molecule has 1 aliphatic heterocycles. The minimum atomic E-state index is 0.739. The number of alkyl halides is 1. The van der Waals surface area contributed by atoms with E-state index in [2.05, 4.69) is 47.4 Å². The average Bonchev–Trinajstić information content (AvgIpc) is 2.42. The normalized spacial score (nSPS) is 18.5. The van der Waals surface area contributed by atoms with Gasteiger partial charge in [-0.25, -0.2) is 0 Å². The van der Waals surface area contributed by atoms with Crippen LogP contribution in [-0.4, -0.2) is 23.9 Å². The predicted molar refractivity (Wildman–Crippen MR) is 78.9 cm³/mol. The van der Waals surface area contributed by atoms with Crippen molar-refractivity contribution in [1.82, 2.24) is 4.90 Å². The van der Waals surface area contributed by atoms with Crippen molar-refractivity contribution >= 4 is 11.6 Å². The van der Waals surface area contributed by atoms with E-state index in [1.807, 2.05) is 0 Å². The Hall–Kier alpha value is -0.790. The molecule has 2 rings (SSSR count). The predicted octanol–water partition coefficient (Wildman–Crippen LogP) is 4.08. The molecule has 1 aromatic rings. The third-order valence-corrected chi connectivity index (χ3v) is 3.78. The van der Waals surface area contributed by atoms with Gasteiger partial charge in [0.05, 0.1) is 0 Å². The summed E-state index contributed by atoms with van der Waals surface area (Å²) in [6.45, 7) is 3.52. The molecule has 98 valence electrons. The first-order valence-corrected chi connectivity index (χ1v) is 7.41. The van der Waals surface area contributed by atoms with E-state index in [0.29, 0.717) is 0 Å². The summed E-state index contributed by atoms with van der Waals surface area (Å²) in [5.41, 5.74) is 1.42. The second-order valence-corrected chi connectivity index (χ2v) is 5.38. The number of halogens is 1. The van der Waals surface area contributed by atoms with E-state index in [0.717, 1.165) is 24.8 Å². The Bertz CT molecular complexity index is 353. The smallest absolute Gasteiger partial charge is 0.0258 e. The number of piperidine rings is 1. The molecule has 1 fully saturated rings. The Kier molecular flexibility index (Phi) is 5.76. The number of likely N-dealkylation sites (tertiary alicyclic amines) is 1. The van der Waals surface area contributed by atoms with Crippen LogP contribution < -0.4 is 0 Å². The lowest BCUT2D eigenvalue weighted by Gasteiger charge is -2.30. The maximum atomic E-state index is 5.67. The van der Waals surface area contributed by atoms with Crippen LogP contribution in [0.2, 0.25) is 0 Å². The fraction of sp³-hybridized carbons (Fsp3) is 0.500. The van der Waals surface area contributed by atoms with E-state index >= 15 is 0 Å². The van der Waals surface area contributed by atoms with Crippen LogP contribution in [0.25, 0.3) is 0 Å². The van der Waals surface area contributed by atoms with Crippen molar-refractivity contribution in [3.63, 3.8) is 0 Å². The summed E-state index contributed by atoms with van der Waals surface area (Å²) in [6.07, 6.45) is 8.18. The molecule has 0 spiro atoms. The van der Waals surface area contributed by atoms with E-state index in [-0.39, 0.29) is 0 Å². The van der Waals surface area contributed by atoms with E-state index in [9.17, 15) is 0 Å². The van der Waals surface area contributed by atoms with Crippen molar-refractivity contribution in [3.8, 4) is 0 Å². The van der Waals surface area contributed by atoms with Gasteiger partial charge in [0, 0.05) is 12.4 Å². The van der Waals surface area contributed by atoms with Crippen LogP contribution in [0.3, 0.4) is 0 Å². The molecule has 1 aromatic carbocycles. The summed E-state index contributed by atoms with van der Waals surface area (Å²) in [5.74, 6) is 1.50. The molecule has 0 N–H and O–H groups in total. The van der Waals surface area contributed by atoms with Gasteiger partial charge in [0.15, 0.2) is 0 Å². The number of hydrogen-bond acceptors (Lipinski definition) is 1. The molecular formula is C16H22ClN. The van der Waals surface area contributed by atoms with Crippen LogP contribution in [0.4, 0.5) is 0 Å². The quantitative estimate of drug-likeness (QED) is 0.571. The highest BCUT2D eigenvalue weighted by atomic mass is 35.5. The van der Waals surface area contributed by atoms with E-state index in [4.69, 9.17) is 11.6 Å². The van der Waals surface area contributed by atoms with Crippen molar-refractivity contribution in [2.24, 2.45) is 5.92 Å². The van der Waals surface area contributed by atoms with Crippen LogP contribution in [-0.2, 0) is 6.54 Å². The van der Waals surface area contributed by atoms with Gasteiger partial charge >= 0.3 is 0 Å². The standard InChI is InChI=1S/C16H22ClN/c17-11-5-4-6-15-9-12-18(13-10-15)14-16-7-2-1-3-8-16/h1-4,6-8,15H,5,9-14H2. The third kappa shape index (κ3) is 4.47. The van der Waals surface area contributed by atoms with Crippen molar-refractivity contribution in [2.45, 2.75) is 25.8 Å². The van der Waals surface area contributed by atoms with Gasteiger partial charge in [0.25, 0.3) is 0 Å². The van der Waals surface area contributed by atoms with Gasteiger partial charge in [0.1, 0.15) is 0 Å². The second kappa shape index (κ2) is 7.60. The SMILES string of the molecule is ClCCC=CC1CCN(Cc2ccccc2)CC1. The largest absolute Gasteiger partial charge is 0.299 e. The Morgan fingerprint density at radius 2 is 1.89 bits per heavy atom. The lowest BCUT2D eigenvalue weighted by molar-refractivity contribution is 0.195. The van der Waals surface area contributed by atoms with E-state index < -0.39 is 0 Å². The first-order chi connectivity index (χ1) is 8.88. The zero-order valence-electron chi connectivity index (χ0n) is 10.9. The highest BCUT2D eigenvalue weighted by molar-refractivity contribution is 6.17. The van der Waals surface area contributed by atoms with Crippen molar-refractivity contribution in [3.05, 3.63) is 48.0 Å². The zero-order valence-corrected chi connectivity index (χ0v) is 11.6. The summed E-state index contributed by atoms with van der Waals surface area (Å²) in [7, 11) is 0. The lowest BCUT2D eigenvalue weighted by atomic mass is 9.96. The highest BCUT2D eigenvalue weighted by Gasteiger charge is 2.16. The molecule has 1 heterocycles. The first kappa shape index (κ1) is 13.6. The van der Waals surface area contributed by atoms with Crippen LogP contribution in [0, 0.1) is 5.92 Å². The molecule has 0 radical (unpaired) electrons. The fourth-order valence-electron chi connectivity index (χ4n) is 2.50. The Balaban J connectivity index is 1.73. The summed E-state index contributed by atoms with van der Waals surface area (Å²) in [6, 6.07) is 10.8. The van der Waals surface area contributed by atoms with E-state index in [1.165, 1.54) is 31.5 Å². The molecule has 1 aliphatic rings. The molecule has 0 bridgehead atoms.